The Labute approximate surface area is 163 Å². The van der Waals surface area contributed by atoms with Gasteiger partial charge in [-0.1, -0.05) is 63.9 Å². The molecule has 0 amide bonds. The third kappa shape index (κ3) is 6.59. The number of ether oxygens (including phenoxy) is 2. The number of hydrogen-bond donors (Lipinski definition) is 0. The minimum atomic E-state index is -0.382. The van der Waals surface area contributed by atoms with Gasteiger partial charge in [-0.05, 0) is 48.6 Å². The lowest BCUT2D eigenvalue weighted by Crippen LogP contribution is -2.15. The summed E-state index contributed by atoms with van der Waals surface area (Å²) in [4.78, 5) is 12.3. The Hall–Kier alpha value is -2.55. The molecule has 0 radical (unpaired) electrons. The second-order valence-corrected chi connectivity index (χ2v) is 7.78. The SMILES string of the molecule is CCCCOc1ccc(/C=C/C(=O)Oc2ccc(C)cc2C(C)(C)C)cc1. The molecule has 2 rings (SSSR count). The van der Waals surface area contributed by atoms with E-state index in [4.69, 9.17) is 9.47 Å². The third-order valence-corrected chi connectivity index (χ3v) is 4.21. The maximum Gasteiger partial charge on any atom is 0.336 e. The quantitative estimate of drug-likeness (QED) is 0.257. The molecule has 0 aromatic heterocycles. The highest BCUT2D eigenvalue weighted by Crippen LogP contribution is 2.32. The molecule has 2 aromatic rings. The van der Waals surface area contributed by atoms with Crippen LogP contribution in [0.15, 0.2) is 48.5 Å². The van der Waals surface area contributed by atoms with Gasteiger partial charge in [-0.15, -0.1) is 0 Å². The van der Waals surface area contributed by atoms with E-state index in [1.807, 2.05) is 43.3 Å². The number of carbonyl (C=O) groups is 1. The number of esters is 1. The molecule has 3 heteroatoms. The topological polar surface area (TPSA) is 35.5 Å². The van der Waals surface area contributed by atoms with Crippen molar-refractivity contribution in [2.75, 3.05) is 6.61 Å². The molecule has 0 saturated heterocycles. The van der Waals surface area contributed by atoms with Gasteiger partial charge >= 0.3 is 5.97 Å². The largest absolute Gasteiger partial charge is 0.494 e. The van der Waals surface area contributed by atoms with Crippen LogP contribution >= 0.6 is 0 Å². The zero-order chi connectivity index (χ0) is 19.9. The first-order valence-corrected chi connectivity index (χ1v) is 9.53. The monoisotopic (exact) mass is 366 g/mol. The van der Waals surface area contributed by atoms with Gasteiger partial charge < -0.3 is 9.47 Å². The van der Waals surface area contributed by atoms with E-state index in [0.717, 1.165) is 41.9 Å². The summed E-state index contributed by atoms with van der Waals surface area (Å²) in [5.74, 6) is 1.08. The Morgan fingerprint density at radius 3 is 2.41 bits per heavy atom. The fourth-order valence-electron chi connectivity index (χ4n) is 2.64. The number of hydrogen-bond acceptors (Lipinski definition) is 3. The number of unbranched alkanes of at least 4 members (excludes halogenated alkanes) is 1. The highest BCUT2D eigenvalue weighted by Gasteiger charge is 2.20. The van der Waals surface area contributed by atoms with Gasteiger partial charge in [0.2, 0.25) is 0 Å². The summed E-state index contributed by atoms with van der Waals surface area (Å²) >= 11 is 0. The van der Waals surface area contributed by atoms with Crippen molar-refractivity contribution in [2.45, 2.75) is 52.9 Å². The Bertz CT molecular complexity index is 780. The van der Waals surface area contributed by atoms with E-state index in [9.17, 15) is 4.79 Å². The zero-order valence-electron chi connectivity index (χ0n) is 17.0. The van der Waals surface area contributed by atoms with Gasteiger partial charge in [0.1, 0.15) is 11.5 Å². The van der Waals surface area contributed by atoms with Gasteiger partial charge in [0.15, 0.2) is 0 Å². The molecule has 27 heavy (non-hydrogen) atoms. The molecule has 0 aliphatic rings. The van der Waals surface area contributed by atoms with Crippen molar-refractivity contribution >= 4 is 12.0 Å². The minimum absolute atomic E-state index is 0.0983. The maximum absolute atomic E-state index is 12.3. The molecule has 0 spiro atoms. The summed E-state index contributed by atoms with van der Waals surface area (Å²) in [5, 5.41) is 0. The first kappa shape index (κ1) is 20.8. The van der Waals surface area contributed by atoms with Crippen molar-refractivity contribution < 1.29 is 14.3 Å². The fraction of sp³-hybridized carbons (Fsp3) is 0.375. The van der Waals surface area contributed by atoms with Crippen molar-refractivity contribution in [3.63, 3.8) is 0 Å². The molecular formula is C24H30O3. The second-order valence-electron chi connectivity index (χ2n) is 7.78. The van der Waals surface area contributed by atoms with Gasteiger partial charge in [0.05, 0.1) is 6.61 Å². The average Bonchev–Trinajstić information content (AvgIpc) is 2.62. The minimum Gasteiger partial charge on any atom is -0.494 e. The van der Waals surface area contributed by atoms with Crippen LogP contribution in [-0.4, -0.2) is 12.6 Å². The van der Waals surface area contributed by atoms with Crippen LogP contribution in [0, 0.1) is 6.92 Å². The van der Waals surface area contributed by atoms with E-state index >= 15 is 0 Å². The molecule has 144 valence electrons. The predicted octanol–water partition coefficient (Wildman–Crippen LogP) is 6.09. The van der Waals surface area contributed by atoms with Crippen LogP contribution in [0.5, 0.6) is 11.5 Å². The molecule has 0 unspecified atom stereocenters. The maximum atomic E-state index is 12.3. The number of carbonyl (C=O) groups excluding carboxylic acids is 1. The summed E-state index contributed by atoms with van der Waals surface area (Å²) < 4.78 is 11.2. The van der Waals surface area contributed by atoms with Crippen molar-refractivity contribution in [3.8, 4) is 11.5 Å². The van der Waals surface area contributed by atoms with Crippen LogP contribution in [0.4, 0.5) is 0 Å². The lowest BCUT2D eigenvalue weighted by molar-refractivity contribution is -0.128. The molecule has 0 fully saturated rings. The number of benzene rings is 2. The van der Waals surface area contributed by atoms with Gasteiger partial charge in [0, 0.05) is 11.6 Å². The van der Waals surface area contributed by atoms with E-state index in [1.165, 1.54) is 6.08 Å². The van der Waals surface area contributed by atoms with E-state index in [0.29, 0.717) is 5.75 Å². The first-order valence-electron chi connectivity index (χ1n) is 9.53. The summed E-state index contributed by atoms with van der Waals surface area (Å²) in [6.45, 7) is 11.2. The molecular weight excluding hydrogens is 336 g/mol. The fourth-order valence-corrected chi connectivity index (χ4v) is 2.64. The van der Waals surface area contributed by atoms with Gasteiger partial charge in [-0.2, -0.15) is 0 Å². The standard InChI is InChI=1S/C24H30O3/c1-6-7-16-26-20-12-9-19(10-13-20)11-15-23(25)27-22-14-8-18(2)17-21(22)24(3,4)5/h8-15,17H,6-7,16H2,1-5H3/b15-11+. The van der Waals surface area contributed by atoms with Crippen molar-refractivity contribution in [1.82, 2.24) is 0 Å². The van der Waals surface area contributed by atoms with Crippen LogP contribution in [-0.2, 0) is 10.2 Å². The van der Waals surface area contributed by atoms with E-state index in [1.54, 1.807) is 6.08 Å². The lowest BCUT2D eigenvalue weighted by Gasteiger charge is -2.22. The van der Waals surface area contributed by atoms with Crippen molar-refractivity contribution in [2.24, 2.45) is 0 Å². The van der Waals surface area contributed by atoms with Crippen LogP contribution < -0.4 is 9.47 Å². The van der Waals surface area contributed by atoms with Gasteiger partial charge in [-0.25, -0.2) is 4.79 Å². The predicted molar refractivity (Wildman–Crippen MR) is 111 cm³/mol. The van der Waals surface area contributed by atoms with Crippen molar-refractivity contribution in [1.29, 1.82) is 0 Å². The highest BCUT2D eigenvalue weighted by molar-refractivity contribution is 5.89. The molecule has 0 atom stereocenters. The normalized spacial score (nSPS) is 11.6. The first-order chi connectivity index (χ1) is 12.8. The third-order valence-electron chi connectivity index (χ3n) is 4.21. The van der Waals surface area contributed by atoms with Crippen LogP contribution in [0.3, 0.4) is 0 Å². The van der Waals surface area contributed by atoms with Crippen LogP contribution in [0.1, 0.15) is 57.2 Å². The molecule has 0 heterocycles. The summed E-state index contributed by atoms with van der Waals surface area (Å²) in [6.07, 6.45) is 5.37. The number of rotatable bonds is 7. The Morgan fingerprint density at radius 2 is 1.78 bits per heavy atom. The summed E-state index contributed by atoms with van der Waals surface area (Å²) in [7, 11) is 0. The molecule has 3 nitrogen and oxygen atoms in total. The van der Waals surface area contributed by atoms with E-state index in [2.05, 4.69) is 33.8 Å². The summed E-state index contributed by atoms with van der Waals surface area (Å²) in [5.41, 5.74) is 3.00. The Morgan fingerprint density at radius 1 is 1.07 bits per heavy atom. The van der Waals surface area contributed by atoms with Crippen LogP contribution in [0.2, 0.25) is 0 Å². The molecule has 2 aromatic carbocycles. The van der Waals surface area contributed by atoms with Gasteiger partial charge in [-0.3, -0.25) is 0 Å². The molecule has 0 bridgehead atoms. The lowest BCUT2D eigenvalue weighted by atomic mass is 9.85. The molecule has 0 N–H and O–H groups in total. The summed E-state index contributed by atoms with van der Waals surface area (Å²) in [6, 6.07) is 13.6. The zero-order valence-corrected chi connectivity index (χ0v) is 17.0. The Balaban J connectivity index is 2.02. The van der Waals surface area contributed by atoms with Crippen molar-refractivity contribution in [3.05, 3.63) is 65.2 Å². The van der Waals surface area contributed by atoms with Gasteiger partial charge in [0.25, 0.3) is 0 Å². The molecule has 0 aliphatic carbocycles. The number of aryl methyl sites for hydroxylation is 1. The molecule has 0 saturated carbocycles. The van der Waals surface area contributed by atoms with E-state index < -0.39 is 0 Å². The smallest absolute Gasteiger partial charge is 0.336 e. The molecule has 0 aliphatic heterocycles. The average molecular weight is 367 g/mol. The van der Waals surface area contributed by atoms with Crippen LogP contribution in [0.25, 0.3) is 6.08 Å². The second kappa shape index (κ2) is 9.40. The highest BCUT2D eigenvalue weighted by atomic mass is 16.5. The van der Waals surface area contributed by atoms with E-state index in [-0.39, 0.29) is 11.4 Å². The Kier molecular flexibility index (Phi) is 7.23.